The predicted molar refractivity (Wildman–Crippen MR) is 68.9 cm³/mol. The molecule has 6 heteroatoms. The van der Waals surface area contributed by atoms with Gasteiger partial charge in [0.05, 0.1) is 12.1 Å². The smallest absolute Gasteiger partial charge is 0.309 e. The van der Waals surface area contributed by atoms with E-state index in [-0.39, 0.29) is 12.4 Å². The Morgan fingerprint density at radius 2 is 2.17 bits per heavy atom. The van der Waals surface area contributed by atoms with Crippen LogP contribution in [-0.2, 0) is 4.79 Å². The lowest BCUT2D eigenvalue weighted by atomic mass is 10.2. The number of ether oxygens (including phenoxy) is 1. The fourth-order valence-electron chi connectivity index (χ4n) is 0.918. The summed E-state index contributed by atoms with van der Waals surface area (Å²) in [5.74, 6) is -1.15. The molecule has 100 valence electrons. The first-order chi connectivity index (χ1) is 8.50. The van der Waals surface area contributed by atoms with Crippen molar-refractivity contribution < 1.29 is 14.6 Å². The van der Waals surface area contributed by atoms with Crippen molar-refractivity contribution in [3.8, 4) is 5.75 Å². The number of amidine groups is 1. The van der Waals surface area contributed by atoms with E-state index in [2.05, 4.69) is 4.98 Å². The molecule has 0 saturated carbocycles. The Labute approximate surface area is 106 Å². The molecule has 0 amide bonds. The molecule has 18 heavy (non-hydrogen) atoms. The molecule has 4 N–H and O–H groups in total. The zero-order valence-electron chi connectivity index (χ0n) is 10.8. The van der Waals surface area contributed by atoms with Crippen LogP contribution in [0.3, 0.4) is 0 Å². The summed E-state index contributed by atoms with van der Waals surface area (Å²) >= 11 is 0. The van der Waals surface area contributed by atoms with Gasteiger partial charge in [0, 0.05) is 0 Å². The molecule has 0 radical (unpaired) electrons. The highest BCUT2D eigenvalue weighted by molar-refractivity contribution is 5.92. The van der Waals surface area contributed by atoms with Gasteiger partial charge in [-0.25, -0.2) is 4.98 Å². The lowest BCUT2D eigenvalue weighted by Gasteiger charge is -2.08. The summed E-state index contributed by atoms with van der Waals surface area (Å²) in [6, 6.07) is 3.14. The van der Waals surface area contributed by atoms with E-state index in [4.69, 9.17) is 21.0 Å². The van der Waals surface area contributed by atoms with Crippen LogP contribution in [0.5, 0.6) is 5.75 Å². The maximum absolute atomic E-state index is 10.5. The van der Waals surface area contributed by atoms with Crippen LogP contribution in [-0.4, -0.2) is 28.5 Å². The van der Waals surface area contributed by atoms with E-state index >= 15 is 0 Å². The van der Waals surface area contributed by atoms with E-state index in [1.165, 1.54) is 6.20 Å². The topological polar surface area (TPSA) is 109 Å². The van der Waals surface area contributed by atoms with Gasteiger partial charge in [-0.1, -0.05) is 13.8 Å². The van der Waals surface area contributed by atoms with Gasteiger partial charge in [-0.05, 0) is 19.1 Å². The fourth-order valence-corrected chi connectivity index (χ4v) is 0.918. The molecule has 0 aliphatic rings. The van der Waals surface area contributed by atoms with E-state index in [1.807, 2.05) is 13.8 Å². The van der Waals surface area contributed by atoms with Gasteiger partial charge in [0.2, 0.25) is 0 Å². The number of hydrogen-bond acceptors (Lipinski definition) is 4. The van der Waals surface area contributed by atoms with E-state index in [0.717, 1.165) is 0 Å². The molecule has 0 aromatic carbocycles. The second kappa shape index (κ2) is 8.05. The summed E-state index contributed by atoms with van der Waals surface area (Å²) in [5, 5.41) is 15.8. The number of carbonyl (C=O) groups is 1. The molecular weight excluding hydrogens is 234 g/mol. The number of pyridine rings is 1. The van der Waals surface area contributed by atoms with Crippen molar-refractivity contribution in [2.75, 3.05) is 6.61 Å². The molecule has 0 saturated heterocycles. The van der Waals surface area contributed by atoms with E-state index in [1.54, 1.807) is 19.1 Å². The molecule has 1 rings (SSSR count). The van der Waals surface area contributed by atoms with Crippen LogP contribution in [0.4, 0.5) is 0 Å². The molecule has 0 spiro atoms. The molecule has 1 heterocycles. The van der Waals surface area contributed by atoms with Gasteiger partial charge in [-0.3, -0.25) is 10.2 Å². The molecule has 1 atom stereocenters. The minimum Gasteiger partial charge on any atom is -0.491 e. The number of carboxylic acids is 1. The molecular formula is C12H19N3O3. The highest BCUT2D eigenvalue weighted by atomic mass is 16.5. The quantitative estimate of drug-likeness (QED) is 0.544. The van der Waals surface area contributed by atoms with Gasteiger partial charge in [-0.2, -0.15) is 0 Å². The Kier molecular flexibility index (Phi) is 7.11. The third-order valence-electron chi connectivity index (χ3n) is 1.93. The summed E-state index contributed by atoms with van der Waals surface area (Å²) in [7, 11) is 0. The Morgan fingerprint density at radius 1 is 1.56 bits per heavy atom. The fraction of sp³-hybridized carbons (Fsp3) is 0.417. The molecule has 1 aromatic rings. The van der Waals surface area contributed by atoms with Crippen LogP contribution >= 0.6 is 0 Å². The number of nitrogens with one attached hydrogen (secondary N) is 1. The maximum atomic E-state index is 10.5. The second-order valence-electron chi connectivity index (χ2n) is 3.34. The maximum Gasteiger partial charge on any atom is 0.309 e. The van der Waals surface area contributed by atoms with E-state index in [9.17, 15) is 4.79 Å². The number of rotatable bonds is 5. The lowest BCUT2D eigenvalue weighted by molar-refractivity contribution is -0.142. The Bertz CT molecular complexity index is 390. The highest BCUT2D eigenvalue weighted by Crippen LogP contribution is 2.10. The number of carboxylic acid groups (broad SMARTS) is 1. The summed E-state index contributed by atoms with van der Waals surface area (Å²) in [6.45, 7) is 5.64. The average molecular weight is 253 g/mol. The van der Waals surface area contributed by atoms with Crippen LogP contribution in [0.1, 0.15) is 26.5 Å². The molecule has 0 aliphatic heterocycles. The zero-order valence-corrected chi connectivity index (χ0v) is 10.8. The number of aliphatic carboxylic acids is 1. The Balaban J connectivity index is 0.00000137. The highest BCUT2D eigenvalue weighted by Gasteiger charge is 2.11. The third kappa shape index (κ3) is 5.29. The molecule has 0 aliphatic carbocycles. The zero-order chi connectivity index (χ0) is 14.1. The largest absolute Gasteiger partial charge is 0.491 e. The molecule has 0 bridgehead atoms. The van der Waals surface area contributed by atoms with Gasteiger partial charge in [-0.15, -0.1) is 0 Å². The van der Waals surface area contributed by atoms with Crippen LogP contribution < -0.4 is 10.5 Å². The third-order valence-corrected chi connectivity index (χ3v) is 1.93. The van der Waals surface area contributed by atoms with Gasteiger partial charge in [0.25, 0.3) is 0 Å². The van der Waals surface area contributed by atoms with Gasteiger partial charge >= 0.3 is 5.97 Å². The summed E-state index contributed by atoms with van der Waals surface area (Å²) in [6.07, 6.45) is 1.41. The minimum atomic E-state index is -0.909. The van der Waals surface area contributed by atoms with Gasteiger partial charge in [0.1, 0.15) is 23.9 Å². The lowest BCUT2D eigenvalue weighted by Crippen LogP contribution is -2.18. The van der Waals surface area contributed by atoms with E-state index in [0.29, 0.717) is 11.4 Å². The Hall–Kier alpha value is -2.11. The van der Waals surface area contributed by atoms with Crippen molar-refractivity contribution in [2.45, 2.75) is 20.8 Å². The summed E-state index contributed by atoms with van der Waals surface area (Å²) in [5.41, 5.74) is 5.59. The number of nitrogen functional groups attached to an aromatic ring is 1. The molecule has 0 fully saturated rings. The first kappa shape index (κ1) is 15.9. The van der Waals surface area contributed by atoms with Gasteiger partial charge in [0.15, 0.2) is 0 Å². The monoisotopic (exact) mass is 253 g/mol. The first-order valence-electron chi connectivity index (χ1n) is 5.66. The van der Waals surface area contributed by atoms with Crippen molar-refractivity contribution in [3.63, 3.8) is 0 Å². The van der Waals surface area contributed by atoms with Crippen molar-refractivity contribution in [3.05, 3.63) is 24.0 Å². The predicted octanol–water partition coefficient (Wildman–Crippen LogP) is 1.49. The van der Waals surface area contributed by atoms with Crippen molar-refractivity contribution in [1.82, 2.24) is 4.98 Å². The minimum absolute atomic E-state index is 0.0798. The number of nitrogens with zero attached hydrogens (tertiary/aromatic N) is 1. The standard InChI is InChI=1S/C10H13N3O3.C2H6/c1-6(10(14)15)5-16-7-2-3-8(9(11)12)13-4-7;1-2/h2-4,6H,5H2,1H3,(H3,11,12)(H,14,15);1-2H3. The second-order valence-corrected chi connectivity index (χ2v) is 3.34. The Morgan fingerprint density at radius 3 is 2.56 bits per heavy atom. The van der Waals surface area contributed by atoms with Gasteiger partial charge < -0.3 is 15.6 Å². The van der Waals surface area contributed by atoms with Crippen molar-refractivity contribution in [2.24, 2.45) is 11.7 Å². The number of nitrogens with two attached hydrogens (primary N) is 1. The summed E-state index contributed by atoms with van der Waals surface area (Å²) in [4.78, 5) is 14.4. The van der Waals surface area contributed by atoms with Crippen molar-refractivity contribution >= 4 is 11.8 Å². The summed E-state index contributed by atoms with van der Waals surface area (Å²) < 4.78 is 5.21. The molecule has 1 aromatic heterocycles. The van der Waals surface area contributed by atoms with Crippen LogP contribution in [0.25, 0.3) is 0 Å². The first-order valence-corrected chi connectivity index (χ1v) is 5.66. The van der Waals surface area contributed by atoms with Crippen LogP contribution in [0.15, 0.2) is 18.3 Å². The average Bonchev–Trinajstić information content (AvgIpc) is 2.38. The molecule has 1 unspecified atom stereocenters. The SMILES string of the molecule is CC.CC(COc1ccc(C(=N)N)nc1)C(=O)O. The van der Waals surface area contributed by atoms with Crippen LogP contribution in [0.2, 0.25) is 0 Å². The van der Waals surface area contributed by atoms with Crippen LogP contribution in [0, 0.1) is 11.3 Å². The van der Waals surface area contributed by atoms with Crippen molar-refractivity contribution in [1.29, 1.82) is 5.41 Å². The number of aromatic nitrogens is 1. The normalized spacial score (nSPS) is 10.8. The molecule has 6 nitrogen and oxygen atoms in total. The number of hydrogen-bond donors (Lipinski definition) is 3. The van der Waals surface area contributed by atoms with E-state index < -0.39 is 11.9 Å².